The van der Waals surface area contributed by atoms with Crippen LogP contribution in [-0.4, -0.2) is 25.3 Å². The Labute approximate surface area is 146 Å². The van der Waals surface area contributed by atoms with Crippen molar-refractivity contribution in [3.8, 4) is 11.5 Å². The molecule has 0 spiro atoms. The lowest BCUT2D eigenvalue weighted by Crippen LogP contribution is -2.18. The minimum Gasteiger partial charge on any atom is -0.496 e. The van der Waals surface area contributed by atoms with Crippen LogP contribution < -0.4 is 14.9 Å². The number of carbonyl (C=O) groups excluding carboxylic acids is 1. The molecule has 2 rings (SSSR count). The number of benzene rings is 2. The Hall–Kier alpha value is -2.53. The maximum absolute atomic E-state index is 12.2. The van der Waals surface area contributed by atoms with E-state index in [-0.39, 0.29) is 6.10 Å². The highest BCUT2D eigenvalue weighted by Gasteiger charge is 2.12. The van der Waals surface area contributed by atoms with Gasteiger partial charge in [-0.25, -0.2) is 5.43 Å². The van der Waals surface area contributed by atoms with Crippen molar-refractivity contribution >= 4 is 23.7 Å². The van der Waals surface area contributed by atoms with Crippen LogP contribution in [0.3, 0.4) is 0 Å². The van der Waals surface area contributed by atoms with Gasteiger partial charge >= 0.3 is 0 Å². The summed E-state index contributed by atoms with van der Waals surface area (Å²) in [5.74, 6) is 0.822. The van der Waals surface area contributed by atoms with Gasteiger partial charge in [-0.1, -0.05) is 11.6 Å². The van der Waals surface area contributed by atoms with Crippen LogP contribution in [-0.2, 0) is 0 Å². The summed E-state index contributed by atoms with van der Waals surface area (Å²) in [4.78, 5) is 12.2. The number of hydrogen-bond acceptors (Lipinski definition) is 4. The number of ether oxygens (including phenoxy) is 2. The van der Waals surface area contributed by atoms with Gasteiger partial charge in [-0.3, -0.25) is 4.79 Å². The molecule has 0 bridgehead atoms. The van der Waals surface area contributed by atoms with Crippen molar-refractivity contribution in [3.63, 3.8) is 0 Å². The molecule has 126 valence electrons. The summed E-state index contributed by atoms with van der Waals surface area (Å²) in [6.45, 7) is 3.93. The third kappa shape index (κ3) is 4.99. The van der Waals surface area contributed by atoms with Gasteiger partial charge < -0.3 is 9.47 Å². The minimum absolute atomic E-state index is 0.122. The van der Waals surface area contributed by atoms with Crippen LogP contribution in [0, 0.1) is 0 Å². The Kier molecular flexibility index (Phi) is 6.21. The molecule has 1 amide bonds. The zero-order valence-corrected chi connectivity index (χ0v) is 14.5. The van der Waals surface area contributed by atoms with Crippen LogP contribution in [0.25, 0.3) is 0 Å². The van der Waals surface area contributed by atoms with Crippen molar-refractivity contribution < 1.29 is 14.3 Å². The largest absolute Gasteiger partial charge is 0.496 e. The van der Waals surface area contributed by atoms with E-state index in [0.29, 0.717) is 16.3 Å². The van der Waals surface area contributed by atoms with E-state index in [1.165, 1.54) is 13.2 Å². The maximum atomic E-state index is 12.2. The molecule has 0 atom stereocenters. The molecule has 0 saturated carbocycles. The molecule has 0 aliphatic heterocycles. The fraction of sp³-hybridized carbons (Fsp3) is 0.222. The molecule has 2 aromatic rings. The van der Waals surface area contributed by atoms with Crippen LogP contribution in [0.1, 0.15) is 29.8 Å². The zero-order valence-electron chi connectivity index (χ0n) is 13.7. The van der Waals surface area contributed by atoms with Crippen LogP contribution in [0.5, 0.6) is 11.5 Å². The molecule has 0 unspecified atom stereocenters. The van der Waals surface area contributed by atoms with E-state index in [0.717, 1.165) is 11.3 Å². The number of methoxy groups -OCH3 is 1. The molecule has 0 saturated heterocycles. The Bertz CT molecular complexity index is 728. The summed E-state index contributed by atoms with van der Waals surface area (Å²) in [5.41, 5.74) is 3.62. The lowest BCUT2D eigenvalue weighted by atomic mass is 10.2. The number of rotatable bonds is 6. The van der Waals surface area contributed by atoms with Gasteiger partial charge in [0.15, 0.2) is 0 Å². The third-order valence-corrected chi connectivity index (χ3v) is 3.27. The SMILES string of the molecule is COc1ccc(Cl)cc1C(=O)N/N=C\c1ccc(OC(C)C)cc1. The maximum Gasteiger partial charge on any atom is 0.275 e. The molecule has 24 heavy (non-hydrogen) atoms. The topological polar surface area (TPSA) is 59.9 Å². The van der Waals surface area contributed by atoms with Crippen molar-refractivity contribution in [1.82, 2.24) is 5.43 Å². The molecule has 2 aromatic carbocycles. The molecule has 0 radical (unpaired) electrons. The summed E-state index contributed by atoms with van der Waals surface area (Å²) < 4.78 is 10.7. The first-order valence-corrected chi connectivity index (χ1v) is 7.81. The van der Waals surface area contributed by atoms with Crippen molar-refractivity contribution in [1.29, 1.82) is 0 Å². The summed E-state index contributed by atoms with van der Waals surface area (Å²) >= 11 is 5.91. The van der Waals surface area contributed by atoms with Crippen molar-refractivity contribution in [2.75, 3.05) is 7.11 Å². The van der Waals surface area contributed by atoms with E-state index in [9.17, 15) is 4.79 Å². The number of hydrazone groups is 1. The van der Waals surface area contributed by atoms with E-state index >= 15 is 0 Å². The fourth-order valence-electron chi connectivity index (χ4n) is 1.99. The van der Waals surface area contributed by atoms with E-state index in [1.807, 2.05) is 38.1 Å². The molecule has 0 fully saturated rings. The average molecular weight is 347 g/mol. The summed E-state index contributed by atoms with van der Waals surface area (Å²) in [6.07, 6.45) is 1.67. The first kappa shape index (κ1) is 17.8. The normalized spacial score (nSPS) is 10.9. The van der Waals surface area contributed by atoms with Crippen molar-refractivity contribution in [2.24, 2.45) is 5.10 Å². The molecule has 0 heterocycles. The molecule has 6 heteroatoms. The van der Waals surface area contributed by atoms with E-state index < -0.39 is 5.91 Å². The lowest BCUT2D eigenvalue weighted by molar-refractivity contribution is 0.0952. The highest BCUT2D eigenvalue weighted by Crippen LogP contribution is 2.22. The molecule has 1 N–H and O–H groups in total. The van der Waals surface area contributed by atoms with Crippen LogP contribution in [0.4, 0.5) is 0 Å². The van der Waals surface area contributed by atoms with E-state index in [1.54, 1.807) is 18.3 Å². The highest BCUT2D eigenvalue weighted by atomic mass is 35.5. The molecule has 0 aromatic heterocycles. The second-order valence-corrected chi connectivity index (χ2v) is 5.72. The standard InChI is InChI=1S/C18H19ClN2O3/c1-12(2)24-15-7-4-13(5-8-15)11-20-21-18(22)16-10-14(19)6-9-17(16)23-3/h4-12H,1-3H3,(H,21,22)/b20-11-. The van der Waals surface area contributed by atoms with Crippen molar-refractivity contribution in [3.05, 3.63) is 58.6 Å². The minimum atomic E-state index is -0.398. The smallest absolute Gasteiger partial charge is 0.275 e. The molecular weight excluding hydrogens is 328 g/mol. The lowest BCUT2D eigenvalue weighted by Gasteiger charge is -2.09. The number of amides is 1. The summed E-state index contributed by atoms with van der Waals surface area (Å²) in [5, 5.41) is 4.40. The van der Waals surface area contributed by atoms with Gasteiger partial charge in [-0.2, -0.15) is 5.10 Å². The quantitative estimate of drug-likeness (QED) is 0.637. The zero-order chi connectivity index (χ0) is 17.5. The molecule has 0 aliphatic carbocycles. The van der Waals surface area contributed by atoms with Gasteiger partial charge in [0.2, 0.25) is 0 Å². The van der Waals surface area contributed by atoms with E-state index in [4.69, 9.17) is 21.1 Å². The Morgan fingerprint density at radius 2 is 1.92 bits per heavy atom. The van der Waals surface area contributed by atoms with E-state index in [2.05, 4.69) is 10.5 Å². The third-order valence-electron chi connectivity index (χ3n) is 3.04. The fourth-order valence-corrected chi connectivity index (χ4v) is 2.16. The highest BCUT2D eigenvalue weighted by molar-refractivity contribution is 6.31. The number of nitrogens with zero attached hydrogens (tertiary/aromatic N) is 1. The average Bonchev–Trinajstić information content (AvgIpc) is 2.56. The van der Waals surface area contributed by atoms with Crippen LogP contribution >= 0.6 is 11.6 Å². The van der Waals surface area contributed by atoms with Crippen LogP contribution in [0.2, 0.25) is 5.02 Å². The van der Waals surface area contributed by atoms with Gasteiger partial charge in [-0.15, -0.1) is 0 Å². The van der Waals surface area contributed by atoms with Gasteiger partial charge in [0.25, 0.3) is 5.91 Å². The number of hydrogen-bond donors (Lipinski definition) is 1. The Balaban J connectivity index is 2.01. The Morgan fingerprint density at radius 3 is 2.54 bits per heavy atom. The second kappa shape index (κ2) is 8.36. The molecular formula is C18H19ClN2O3. The van der Waals surface area contributed by atoms with Gasteiger partial charge in [0, 0.05) is 5.02 Å². The number of carbonyl (C=O) groups is 1. The van der Waals surface area contributed by atoms with Gasteiger partial charge in [0.05, 0.1) is 25.0 Å². The predicted octanol–water partition coefficient (Wildman–Crippen LogP) is 3.90. The van der Waals surface area contributed by atoms with Gasteiger partial charge in [0.1, 0.15) is 11.5 Å². The Morgan fingerprint density at radius 1 is 1.21 bits per heavy atom. The van der Waals surface area contributed by atoms with Crippen molar-refractivity contribution in [2.45, 2.75) is 20.0 Å². The molecule has 0 aliphatic rings. The van der Waals surface area contributed by atoms with Crippen LogP contribution in [0.15, 0.2) is 47.6 Å². The predicted molar refractivity (Wildman–Crippen MR) is 95.3 cm³/mol. The monoisotopic (exact) mass is 346 g/mol. The number of nitrogens with one attached hydrogen (secondary N) is 1. The summed E-state index contributed by atoms with van der Waals surface area (Å²) in [7, 11) is 1.49. The summed E-state index contributed by atoms with van der Waals surface area (Å²) in [6, 6.07) is 12.2. The number of halogens is 1. The van der Waals surface area contributed by atoms with Gasteiger partial charge in [-0.05, 0) is 61.9 Å². The second-order valence-electron chi connectivity index (χ2n) is 5.28. The molecule has 5 nitrogen and oxygen atoms in total. The first-order valence-electron chi connectivity index (χ1n) is 7.43. The first-order chi connectivity index (χ1) is 11.5.